The summed E-state index contributed by atoms with van der Waals surface area (Å²) >= 11 is 0. The lowest BCUT2D eigenvalue weighted by atomic mass is 9.91. The van der Waals surface area contributed by atoms with Crippen LogP contribution in [0.25, 0.3) is 11.0 Å². The number of carboxylic acids is 1. The van der Waals surface area contributed by atoms with E-state index in [4.69, 9.17) is 9.63 Å². The number of carboxylic acid groups (broad SMARTS) is 1. The highest BCUT2D eigenvalue weighted by Crippen LogP contribution is 2.32. The zero-order valence-corrected chi connectivity index (χ0v) is 12.9. The van der Waals surface area contributed by atoms with Gasteiger partial charge in [-0.1, -0.05) is 16.8 Å². The molecular weight excluding hydrogens is 280 g/mol. The molecule has 118 valence electrons. The zero-order valence-electron chi connectivity index (χ0n) is 12.9. The fourth-order valence-corrected chi connectivity index (χ4v) is 3.25. The molecule has 1 aliphatic rings. The molecule has 0 aliphatic carbocycles. The van der Waals surface area contributed by atoms with E-state index in [1.54, 1.807) is 0 Å². The van der Waals surface area contributed by atoms with E-state index in [0.29, 0.717) is 5.92 Å². The van der Waals surface area contributed by atoms with E-state index >= 15 is 0 Å². The molecule has 1 aromatic heterocycles. The third-order valence-electron chi connectivity index (χ3n) is 4.49. The Morgan fingerprint density at radius 1 is 1.41 bits per heavy atom. The summed E-state index contributed by atoms with van der Waals surface area (Å²) in [6, 6.07) is 6.19. The number of benzene rings is 1. The van der Waals surface area contributed by atoms with E-state index in [-0.39, 0.29) is 6.42 Å². The molecule has 0 saturated carbocycles. The number of fused-ring (bicyclic) bond motifs is 1. The van der Waals surface area contributed by atoms with Crippen molar-refractivity contribution in [1.29, 1.82) is 0 Å². The molecule has 0 spiro atoms. The van der Waals surface area contributed by atoms with Crippen molar-refractivity contribution in [1.82, 2.24) is 10.1 Å². The minimum atomic E-state index is -0.709. The van der Waals surface area contributed by atoms with Crippen LogP contribution in [0.4, 0.5) is 0 Å². The quantitative estimate of drug-likeness (QED) is 0.919. The molecule has 1 aliphatic heterocycles. The van der Waals surface area contributed by atoms with E-state index in [1.165, 1.54) is 5.56 Å². The number of likely N-dealkylation sites (tertiary alicyclic amines) is 1. The maximum atomic E-state index is 10.6. The van der Waals surface area contributed by atoms with Gasteiger partial charge in [-0.3, -0.25) is 4.79 Å². The van der Waals surface area contributed by atoms with Crippen LogP contribution >= 0.6 is 0 Å². The van der Waals surface area contributed by atoms with E-state index in [9.17, 15) is 4.79 Å². The smallest absolute Gasteiger partial charge is 0.303 e. The number of aryl methyl sites for hydroxylation is 1. The van der Waals surface area contributed by atoms with Crippen LogP contribution in [0.15, 0.2) is 22.7 Å². The number of nitrogens with zero attached hydrogens (tertiary/aromatic N) is 2. The van der Waals surface area contributed by atoms with E-state index in [0.717, 1.165) is 55.6 Å². The van der Waals surface area contributed by atoms with Crippen molar-refractivity contribution in [2.24, 2.45) is 0 Å². The largest absolute Gasteiger partial charge is 0.481 e. The Kier molecular flexibility index (Phi) is 4.43. The summed E-state index contributed by atoms with van der Waals surface area (Å²) in [6.45, 7) is 4.97. The van der Waals surface area contributed by atoms with Crippen molar-refractivity contribution in [3.63, 3.8) is 0 Å². The molecule has 5 nitrogen and oxygen atoms in total. The number of aliphatic carboxylic acids is 1. The first-order chi connectivity index (χ1) is 10.6. The Balaban J connectivity index is 1.61. The monoisotopic (exact) mass is 302 g/mol. The standard InChI is InChI=1S/C17H22N2O3/c1-12-4-5-15-14(11-12)17(18-22-15)13-6-9-19(10-7-13)8-2-3-16(20)21/h4-5,11,13H,2-3,6-10H2,1H3,(H,20,21). The SMILES string of the molecule is Cc1ccc2onc(C3CCN(CCCC(=O)O)CC3)c2c1. The molecule has 2 heterocycles. The number of piperidine rings is 1. The molecule has 2 aromatic rings. The average molecular weight is 302 g/mol. The Morgan fingerprint density at radius 2 is 2.18 bits per heavy atom. The van der Waals surface area contributed by atoms with Gasteiger partial charge in [0, 0.05) is 17.7 Å². The molecule has 1 aromatic carbocycles. The molecule has 0 unspecified atom stereocenters. The van der Waals surface area contributed by atoms with Crippen LogP contribution in [0.2, 0.25) is 0 Å². The minimum Gasteiger partial charge on any atom is -0.481 e. The molecule has 0 amide bonds. The number of rotatable bonds is 5. The highest BCUT2D eigenvalue weighted by atomic mass is 16.5. The molecule has 0 radical (unpaired) electrons. The molecule has 1 fully saturated rings. The van der Waals surface area contributed by atoms with Crippen molar-refractivity contribution in [3.05, 3.63) is 29.5 Å². The number of hydrogen-bond donors (Lipinski definition) is 1. The normalized spacial score (nSPS) is 17.1. The molecule has 1 saturated heterocycles. The Labute approximate surface area is 129 Å². The summed E-state index contributed by atoms with van der Waals surface area (Å²) in [5.74, 6) is -0.266. The summed E-state index contributed by atoms with van der Waals surface area (Å²) in [6.07, 6.45) is 3.10. The summed E-state index contributed by atoms with van der Waals surface area (Å²) < 4.78 is 5.45. The second kappa shape index (κ2) is 6.48. The topological polar surface area (TPSA) is 66.6 Å². The summed E-state index contributed by atoms with van der Waals surface area (Å²) in [5.41, 5.74) is 3.18. The molecule has 0 bridgehead atoms. The van der Waals surface area contributed by atoms with Crippen LogP contribution in [0.3, 0.4) is 0 Å². The van der Waals surface area contributed by atoms with Crippen LogP contribution in [0.1, 0.15) is 42.9 Å². The predicted octanol–water partition coefficient (Wildman–Crippen LogP) is 3.18. The van der Waals surface area contributed by atoms with Gasteiger partial charge in [-0.15, -0.1) is 0 Å². The van der Waals surface area contributed by atoms with Crippen molar-refractivity contribution in [2.75, 3.05) is 19.6 Å². The Morgan fingerprint density at radius 3 is 2.91 bits per heavy atom. The van der Waals surface area contributed by atoms with Crippen molar-refractivity contribution in [3.8, 4) is 0 Å². The average Bonchev–Trinajstić information content (AvgIpc) is 2.90. The maximum absolute atomic E-state index is 10.6. The van der Waals surface area contributed by atoms with Gasteiger partial charge >= 0.3 is 5.97 Å². The molecule has 0 atom stereocenters. The van der Waals surface area contributed by atoms with Crippen molar-refractivity contribution >= 4 is 16.9 Å². The second-order valence-corrected chi connectivity index (χ2v) is 6.18. The summed E-state index contributed by atoms with van der Waals surface area (Å²) in [4.78, 5) is 12.9. The van der Waals surface area contributed by atoms with Gasteiger partial charge in [0.05, 0.1) is 5.69 Å². The van der Waals surface area contributed by atoms with Gasteiger partial charge in [0.25, 0.3) is 0 Å². The van der Waals surface area contributed by atoms with Gasteiger partial charge in [-0.05, 0) is 58.0 Å². The van der Waals surface area contributed by atoms with Gasteiger partial charge in [0.15, 0.2) is 5.58 Å². The van der Waals surface area contributed by atoms with Crippen LogP contribution in [0.5, 0.6) is 0 Å². The van der Waals surface area contributed by atoms with Crippen LogP contribution in [0, 0.1) is 6.92 Å². The van der Waals surface area contributed by atoms with Crippen molar-refractivity contribution in [2.45, 2.75) is 38.5 Å². The minimum absolute atomic E-state index is 0.257. The lowest BCUT2D eigenvalue weighted by Crippen LogP contribution is -2.34. The lowest BCUT2D eigenvalue weighted by molar-refractivity contribution is -0.137. The molecule has 1 N–H and O–H groups in total. The number of aromatic nitrogens is 1. The maximum Gasteiger partial charge on any atom is 0.303 e. The van der Waals surface area contributed by atoms with Gasteiger partial charge in [0.2, 0.25) is 0 Å². The molecule has 3 rings (SSSR count). The predicted molar refractivity (Wildman–Crippen MR) is 84.0 cm³/mol. The zero-order chi connectivity index (χ0) is 15.5. The Hall–Kier alpha value is -1.88. The molecule has 22 heavy (non-hydrogen) atoms. The van der Waals surface area contributed by atoms with E-state index < -0.39 is 5.97 Å². The fraction of sp³-hybridized carbons (Fsp3) is 0.529. The highest BCUT2D eigenvalue weighted by Gasteiger charge is 2.24. The number of hydrogen-bond acceptors (Lipinski definition) is 4. The Bertz CT molecular complexity index is 657. The second-order valence-electron chi connectivity index (χ2n) is 6.18. The molecular formula is C17H22N2O3. The summed E-state index contributed by atoms with van der Waals surface area (Å²) in [7, 11) is 0. The van der Waals surface area contributed by atoms with Crippen LogP contribution in [-0.2, 0) is 4.79 Å². The van der Waals surface area contributed by atoms with Crippen molar-refractivity contribution < 1.29 is 14.4 Å². The van der Waals surface area contributed by atoms with Crippen LogP contribution in [-0.4, -0.2) is 40.8 Å². The third-order valence-corrected chi connectivity index (χ3v) is 4.49. The van der Waals surface area contributed by atoms with E-state index in [1.807, 2.05) is 12.1 Å². The highest BCUT2D eigenvalue weighted by molar-refractivity contribution is 5.80. The molecule has 5 heteroatoms. The first kappa shape index (κ1) is 15.0. The number of carbonyl (C=O) groups is 1. The van der Waals surface area contributed by atoms with Gasteiger partial charge in [-0.25, -0.2) is 0 Å². The first-order valence-electron chi connectivity index (χ1n) is 7.93. The van der Waals surface area contributed by atoms with Gasteiger partial charge in [0.1, 0.15) is 0 Å². The van der Waals surface area contributed by atoms with Gasteiger partial charge in [-0.2, -0.15) is 0 Å². The first-order valence-corrected chi connectivity index (χ1v) is 7.93. The third kappa shape index (κ3) is 3.30. The lowest BCUT2D eigenvalue weighted by Gasteiger charge is -2.31. The van der Waals surface area contributed by atoms with Gasteiger partial charge < -0.3 is 14.5 Å². The fourth-order valence-electron chi connectivity index (χ4n) is 3.25. The van der Waals surface area contributed by atoms with Crippen LogP contribution < -0.4 is 0 Å². The van der Waals surface area contributed by atoms with E-state index in [2.05, 4.69) is 23.0 Å². The summed E-state index contributed by atoms with van der Waals surface area (Å²) in [5, 5.41) is 14.1.